The van der Waals surface area contributed by atoms with Gasteiger partial charge < -0.3 is 9.80 Å². The minimum atomic E-state index is -0.185. The highest BCUT2D eigenvalue weighted by molar-refractivity contribution is 7.14. The fourth-order valence-corrected chi connectivity index (χ4v) is 5.45. The molecule has 136 valence electrons. The number of thiophene rings is 1. The zero-order chi connectivity index (χ0) is 18.8. The van der Waals surface area contributed by atoms with Crippen LogP contribution >= 0.6 is 11.3 Å². The maximum absolute atomic E-state index is 4.69. The quantitative estimate of drug-likeness (QED) is 0.544. The number of para-hydroxylation sites is 1. The van der Waals surface area contributed by atoms with Crippen molar-refractivity contribution in [2.75, 3.05) is 9.80 Å². The molecule has 0 radical (unpaired) electrons. The second-order valence-corrected chi connectivity index (χ2v) is 8.87. The van der Waals surface area contributed by atoms with Gasteiger partial charge in [-0.15, -0.1) is 17.9 Å². The average Bonchev–Trinajstić information content (AvgIpc) is 3.32. The molecule has 2 aliphatic heterocycles. The van der Waals surface area contributed by atoms with Crippen molar-refractivity contribution < 1.29 is 0 Å². The van der Waals surface area contributed by atoms with Gasteiger partial charge in [-0.25, -0.2) is 9.97 Å². The molecule has 0 bridgehead atoms. The first-order chi connectivity index (χ1) is 13.0. The fraction of sp³-hybridized carbons (Fsp3) is 0.273. The molecule has 2 atom stereocenters. The third-order valence-corrected chi connectivity index (χ3v) is 7.38. The second-order valence-electron chi connectivity index (χ2n) is 7.94. The normalized spacial score (nSPS) is 24.9. The van der Waals surface area contributed by atoms with Crippen LogP contribution in [0.3, 0.4) is 0 Å². The van der Waals surface area contributed by atoms with E-state index in [-0.39, 0.29) is 17.0 Å². The number of hydrogen-bond acceptors (Lipinski definition) is 5. The first-order valence-corrected chi connectivity index (χ1v) is 10.0. The highest BCUT2D eigenvalue weighted by Gasteiger charge is 2.59. The maximum Gasteiger partial charge on any atom is 0.162 e. The molecule has 5 heteroatoms. The van der Waals surface area contributed by atoms with Crippen molar-refractivity contribution in [2.45, 2.75) is 32.4 Å². The SMILES string of the molecule is C=CC1(C)c2ccccc2N2c3ncncc3N(c3cccs3)C2C1(C)C. The number of rotatable bonds is 2. The van der Waals surface area contributed by atoms with Crippen LogP contribution in [-0.2, 0) is 5.41 Å². The van der Waals surface area contributed by atoms with Crippen molar-refractivity contribution >= 4 is 33.5 Å². The minimum Gasteiger partial charge on any atom is -0.306 e. The highest BCUT2D eigenvalue weighted by atomic mass is 32.1. The Morgan fingerprint density at radius 1 is 1.07 bits per heavy atom. The Morgan fingerprint density at radius 3 is 2.63 bits per heavy atom. The van der Waals surface area contributed by atoms with E-state index >= 15 is 0 Å². The molecule has 2 unspecified atom stereocenters. The number of anilines is 4. The lowest BCUT2D eigenvalue weighted by molar-refractivity contribution is 0.171. The van der Waals surface area contributed by atoms with Crippen LogP contribution in [0.2, 0.25) is 0 Å². The van der Waals surface area contributed by atoms with E-state index in [9.17, 15) is 0 Å². The molecule has 0 fully saturated rings. The molecule has 0 N–H and O–H groups in total. The van der Waals surface area contributed by atoms with E-state index in [0.717, 1.165) is 11.5 Å². The molecule has 0 saturated heterocycles. The Bertz CT molecular complexity index is 1030. The van der Waals surface area contributed by atoms with E-state index < -0.39 is 0 Å². The number of nitrogens with zero attached hydrogens (tertiary/aromatic N) is 4. The van der Waals surface area contributed by atoms with Crippen molar-refractivity contribution in [1.29, 1.82) is 0 Å². The second kappa shape index (κ2) is 5.42. The summed E-state index contributed by atoms with van der Waals surface area (Å²) in [6.45, 7) is 11.2. The van der Waals surface area contributed by atoms with Crippen molar-refractivity contribution in [2.24, 2.45) is 5.41 Å². The number of fused-ring (bicyclic) bond motifs is 5. The third-order valence-electron chi connectivity index (χ3n) is 6.51. The lowest BCUT2D eigenvalue weighted by Crippen LogP contribution is -2.60. The number of allylic oxidation sites excluding steroid dienone is 1. The van der Waals surface area contributed by atoms with Crippen LogP contribution in [0.5, 0.6) is 0 Å². The van der Waals surface area contributed by atoms with Gasteiger partial charge in [0.2, 0.25) is 0 Å². The summed E-state index contributed by atoms with van der Waals surface area (Å²) in [4.78, 5) is 13.8. The van der Waals surface area contributed by atoms with Crippen LogP contribution < -0.4 is 9.80 Å². The van der Waals surface area contributed by atoms with Gasteiger partial charge in [0.25, 0.3) is 0 Å². The van der Waals surface area contributed by atoms with Crippen LogP contribution in [0.1, 0.15) is 26.3 Å². The van der Waals surface area contributed by atoms with Crippen molar-refractivity contribution in [3.63, 3.8) is 0 Å². The molecule has 2 aromatic heterocycles. The van der Waals surface area contributed by atoms with Crippen LogP contribution in [0.15, 0.2) is 67.0 Å². The predicted molar refractivity (Wildman–Crippen MR) is 112 cm³/mol. The van der Waals surface area contributed by atoms with E-state index in [1.54, 1.807) is 17.7 Å². The Hall–Kier alpha value is -2.66. The highest BCUT2D eigenvalue weighted by Crippen LogP contribution is 2.62. The Labute approximate surface area is 163 Å². The van der Waals surface area contributed by atoms with Crippen molar-refractivity contribution in [3.8, 4) is 0 Å². The summed E-state index contributed by atoms with van der Waals surface area (Å²) >= 11 is 1.75. The maximum atomic E-state index is 4.69. The van der Waals surface area contributed by atoms with Gasteiger partial charge in [-0.2, -0.15) is 0 Å². The lowest BCUT2D eigenvalue weighted by atomic mass is 9.58. The summed E-state index contributed by atoms with van der Waals surface area (Å²) in [5, 5.41) is 3.33. The van der Waals surface area contributed by atoms with E-state index in [1.807, 2.05) is 6.20 Å². The Morgan fingerprint density at radius 2 is 1.89 bits per heavy atom. The first-order valence-electron chi connectivity index (χ1n) is 9.16. The van der Waals surface area contributed by atoms with Gasteiger partial charge in [0, 0.05) is 16.5 Å². The van der Waals surface area contributed by atoms with Crippen LogP contribution in [0.4, 0.5) is 22.2 Å². The molecule has 3 aromatic rings. The zero-order valence-corrected chi connectivity index (χ0v) is 16.6. The number of hydrogen-bond donors (Lipinski definition) is 0. The lowest BCUT2D eigenvalue weighted by Gasteiger charge is -2.56. The standard InChI is InChI=1S/C22H22N4S/c1-5-22(4)15-9-6-7-10-16(15)26-19-17(13-23-14-24-19)25(18-11-8-12-27-18)20(26)21(22,2)3/h5-14,20H,1H2,2-4H3. The summed E-state index contributed by atoms with van der Waals surface area (Å²) in [6, 6.07) is 12.9. The van der Waals surface area contributed by atoms with E-state index in [0.29, 0.717) is 0 Å². The summed E-state index contributed by atoms with van der Waals surface area (Å²) in [5.41, 5.74) is 3.23. The summed E-state index contributed by atoms with van der Waals surface area (Å²) < 4.78 is 0. The molecule has 2 aliphatic rings. The monoisotopic (exact) mass is 374 g/mol. The van der Waals surface area contributed by atoms with Crippen LogP contribution in [-0.4, -0.2) is 16.1 Å². The van der Waals surface area contributed by atoms with Gasteiger partial charge in [0.1, 0.15) is 18.2 Å². The largest absolute Gasteiger partial charge is 0.306 e. The molecule has 27 heavy (non-hydrogen) atoms. The van der Waals surface area contributed by atoms with Gasteiger partial charge in [-0.05, 0) is 29.1 Å². The Balaban J connectivity index is 1.86. The molecule has 4 nitrogen and oxygen atoms in total. The van der Waals surface area contributed by atoms with Crippen LogP contribution in [0.25, 0.3) is 0 Å². The van der Waals surface area contributed by atoms with Crippen molar-refractivity contribution in [1.82, 2.24) is 9.97 Å². The summed E-state index contributed by atoms with van der Waals surface area (Å²) in [5.74, 6) is 0.968. The third kappa shape index (κ3) is 1.92. The Kier molecular flexibility index (Phi) is 3.32. The summed E-state index contributed by atoms with van der Waals surface area (Å²) in [6.07, 6.45) is 5.78. The van der Waals surface area contributed by atoms with E-state index in [4.69, 9.17) is 4.98 Å². The van der Waals surface area contributed by atoms with E-state index in [1.165, 1.54) is 16.3 Å². The molecule has 0 saturated carbocycles. The average molecular weight is 375 g/mol. The minimum absolute atomic E-state index is 0.0840. The molecule has 5 rings (SSSR count). The van der Waals surface area contributed by atoms with Crippen molar-refractivity contribution in [3.05, 3.63) is 72.5 Å². The molecular formula is C22H22N4S. The first kappa shape index (κ1) is 16.5. The van der Waals surface area contributed by atoms with Gasteiger partial charge in [-0.3, -0.25) is 0 Å². The topological polar surface area (TPSA) is 32.3 Å². The smallest absolute Gasteiger partial charge is 0.162 e. The molecule has 0 aliphatic carbocycles. The van der Waals surface area contributed by atoms with Gasteiger partial charge in [0.15, 0.2) is 5.82 Å². The number of benzene rings is 1. The molecule has 0 amide bonds. The molecule has 1 aromatic carbocycles. The van der Waals surface area contributed by atoms with Crippen LogP contribution in [0, 0.1) is 5.41 Å². The van der Waals surface area contributed by atoms with Gasteiger partial charge in [-0.1, -0.05) is 45.0 Å². The number of aromatic nitrogens is 2. The molecule has 4 heterocycles. The molecule has 0 spiro atoms. The van der Waals surface area contributed by atoms with Gasteiger partial charge in [0.05, 0.1) is 11.2 Å². The summed E-state index contributed by atoms with van der Waals surface area (Å²) in [7, 11) is 0. The fourth-order valence-electron chi connectivity index (χ4n) is 4.68. The predicted octanol–water partition coefficient (Wildman–Crippen LogP) is 5.64. The van der Waals surface area contributed by atoms with E-state index in [2.05, 4.69) is 90.0 Å². The molecular weight excluding hydrogens is 352 g/mol. The van der Waals surface area contributed by atoms with Gasteiger partial charge >= 0.3 is 0 Å². The zero-order valence-electron chi connectivity index (χ0n) is 15.8.